The molecular formula is C18H16N4OS2. The zero-order valence-electron chi connectivity index (χ0n) is 13.3. The maximum Gasteiger partial charge on any atom is 0.263 e. The molecule has 4 rings (SSSR count). The molecule has 0 spiro atoms. The summed E-state index contributed by atoms with van der Waals surface area (Å²) in [4.78, 5) is 21.8. The van der Waals surface area contributed by atoms with E-state index in [1.54, 1.807) is 17.5 Å². The number of fused-ring (bicyclic) bond motifs is 1. The highest BCUT2D eigenvalue weighted by atomic mass is 32.1. The van der Waals surface area contributed by atoms with Crippen molar-refractivity contribution in [3.63, 3.8) is 0 Å². The van der Waals surface area contributed by atoms with E-state index in [1.807, 2.05) is 35.8 Å². The molecule has 0 aliphatic heterocycles. The van der Waals surface area contributed by atoms with E-state index in [2.05, 4.69) is 32.0 Å². The van der Waals surface area contributed by atoms with Gasteiger partial charge in [0.1, 0.15) is 10.5 Å². The number of aromatic nitrogens is 2. The Balaban J connectivity index is 1.46. The molecule has 4 aromatic rings. The number of amides is 1. The van der Waals surface area contributed by atoms with Crippen LogP contribution in [0.2, 0.25) is 0 Å². The van der Waals surface area contributed by atoms with E-state index in [0.29, 0.717) is 11.4 Å². The third-order valence-electron chi connectivity index (χ3n) is 3.84. The molecule has 4 aromatic heterocycles. The lowest BCUT2D eigenvalue weighted by Crippen LogP contribution is -2.25. The zero-order chi connectivity index (χ0) is 17.1. The number of nitrogens with zero attached hydrogens (tertiary/aromatic N) is 1. The first-order chi connectivity index (χ1) is 12.3. The van der Waals surface area contributed by atoms with Gasteiger partial charge in [-0.05, 0) is 41.4 Å². The molecule has 0 aliphatic rings. The van der Waals surface area contributed by atoms with Gasteiger partial charge in [-0.15, -0.1) is 22.7 Å². The summed E-state index contributed by atoms with van der Waals surface area (Å²) in [6.45, 7) is 0.633. The molecule has 126 valence electrons. The number of thiophene rings is 2. The van der Waals surface area contributed by atoms with Crippen LogP contribution in [0.15, 0.2) is 53.5 Å². The zero-order valence-corrected chi connectivity index (χ0v) is 14.9. The number of carbonyl (C=O) groups is 1. The molecule has 4 heterocycles. The second-order valence-electron chi connectivity index (χ2n) is 5.47. The molecule has 7 heteroatoms. The second-order valence-corrected chi connectivity index (χ2v) is 7.42. The van der Waals surface area contributed by atoms with Gasteiger partial charge in [0.25, 0.3) is 5.91 Å². The van der Waals surface area contributed by atoms with Crippen LogP contribution in [0.3, 0.4) is 0 Å². The predicted molar refractivity (Wildman–Crippen MR) is 104 cm³/mol. The van der Waals surface area contributed by atoms with Gasteiger partial charge in [0.2, 0.25) is 0 Å². The fourth-order valence-electron chi connectivity index (χ4n) is 2.63. The lowest BCUT2D eigenvalue weighted by Gasteiger charge is -2.09. The van der Waals surface area contributed by atoms with Gasteiger partial charge in [-0.3, -0.25) is 4.79 Å². The largest absolute Gasteiger partial charge is 0.354 e. The van der Waals surface area contributed by atoms with Crippen LogP contribution < -0.4 is 10.6 Å². The fraction of sp³-hybridized carbons (Fsp3) is 0.111. The van der Waals surface area contributed by atoms with Crippen molar-refractivity contribution in [1.29, 1.82) is 0 Å². The Morgan fingerprint density at radius 2 is 2.08 bits per heavy atom. The number of hydrogen-bond acceptors (Lipinski definition) is 5. The molecule has 0 atom stereocenters. The quantitative estimate of drug-likeness (QED) is 0.472. The number of carbonyl (C=O) groups excluding carboxylic acids is 1. The topological polar surface area (TPSA) is 69.8 Å². The van der Waals surface area contributed by atoms with Gasteiger partial charge in [0.05, 0.1) is 11.4 Å². The third-order valence-corrected chi connectivity index (χ3v) is 5.69. The molecule has 25 heavy (non-hydrogen) atoms. The summed E-state index contributed by atoms with van der Waals surface area (Å²) in [6, 6.07) is 9.92. The van der Waals surface area contributed by atoms with E-state index in [9.17, 15) is 4.79 Å². The summed E-state index contributed by atoms with van der Waals surface area (Å²) in [6.07, 6.45) is 4.45. The van der Waals surface area contributed by atoms with Crippen molar-refractivity contribution < 1.29 is 4.79 Å². The Morgan fingerprint density at radius 1 is 1.12 bits per heavy atom. The van der Waals surface area contributed by atoms with Crippen LogP contribution in [0.1, 0.15) is 14.5 Å². The Labute approximate surface area is 152 Å². The van der Waals surface area contributed by atoms with Crippen molar-refractivity contribution in [2.75, 3.05) is 11.9 Å². The molecule has 0 bridgehead atoms. The van der Waals surface area contributed by atoms with Gasteiger partial charge < -0.3 is 15.6 Å². The molecule has 0 fully saturated rings. The van der Waals surface area contributed by atoms with E-state index < -0.39 is 0 Å². The number of hydrogen-bond donors (Lipinski definition) is 3. The summed E-state index contributed by atoms with van der Waals surface area (Å²) >= 11 is 3.15. The van der Waals surface area contributed by atoms with Gasteiger partial charge >= 0.3 is 0 Å². The highest BCUT2D eigenvalue weighted by Gasteiger charge is 2.14. The van der Waals surface area contributed by atoms with Crippen molar-refractivity contribution in [1.82, 2.24) is 15.3 Å². The molecule has 0 unspecified atom stereocenters. The standard InChI is InChI=1S/C18H16N4OS2/c23-18(21-7-3-12-2-1-10-24-12)16-15(6-11-25-16)22-14-5-9-20-17-13(14)4-8-19-17/h1-2,4-6,8-11H,3,7H2,(H,21,23)(H2,19,20,22). The van der Waals surface area contributed by atoms with E-state index in [-0.39, 0.29) is 5.91 Å². The number of rotatable bonds is 6. The Hall–Kier alpha value is -2.64. The van der Waals surface area contributed by atoms with Crippen molar-refractivity contribution in [2.45, 2.75) is 6.42 Å². The first-order valence-electron chi connectivity index (χ1n) is 7.88. The van der Waals surface area contributed by atoms with E-state index >= 15 is 0 Å². The summed E-state index contributed by atoms with van der Waals surface area (Å²) in [5, 5.41) is 11.3. The van der Waals surface area contributed by atoms with Gasteiger partial charge in [-0.1, -0.05) is 6.07 Å². The number of nitrogens with one attached hydrogen (secondary N) is 3. The van der Waals surface area contributed by atoms with Crippen LogP contribution in [0.5, 0.6) is 0 Å². The highest BCUT2D eigenvalue weighted by molar-refractivity contribution is 7.12. The first-order valence-corrected chi connectivity index (χ1v) is 9.64. The molecule has 0 aliphatic carbocycles. The van der Waals surface area contributed by atoms with E-state index in [0.717, 1.165) is 28.8 Å². The maximum absolute atomic E-state index is 12.5. The average Bonchev–Trinajstić information content (AvgIpc) is 3.36. The highest BCUT2D eigenvalue weighted by Crippen LogP contribution is 2.29. The second kappa shape index (κ2) is 7.08. The van der Waals surface area contributed by atoms with E-state index in [1.165, 1.54) is 16.2 Å². The smallest absolute Gasteiger partial charge is 0.263 e. The van der Waals surface area contributed by atoms with Crippen molar-refractivity contribution in [3.8, 4) is 0 Å². The minimum absolute atomic E-state index is 0.0478. The van der Waals surface area contributed by atoms with Crippen molar-refractivity contribution in [2.24, 2.45) is 0 Å². The van der Waals surface area contributed by atoms with Crippen LogP contribution >= 0.6 is 22.7 Å². The van der Waals surface area contributed by atoms with Crippen LogP contribution in [0.4, 0.5) is 11.4 Å². The van der Waals surface area contributed by atoms with Crippen LogP contribution in [-0.2, 0) is 6.42 Å². The Kier molecular flexibility index (Phi) is 4.49. The molecule has 1 amide bonds. The van der Waals surface area contributed by atoms with Gasteiger partial charge in [-0.2, -0.15) is 0 Å². The lowest BCUT2D eigenvalue weighted by molar-refractivity contribution is 0.0959. The monoisotopic (exact) mass is 368 g/mol. The van der Waals surface area contributed by atoms with E-state index in [4.69, 9.17) is 0 Å². The molecule has 0 saturated carbocycles. The molecule has 0 saturated heterocycles. The fourth-order valence-corrected chi connectivity index (χ4v) is 4.11. The summed E-state index contributed by atoms with van der Waals surface area (Å²) in [7, 11) is 0. The lowest BCUT2D eigenvalue weighted by atomic mass is 10.2. The van der Waals surface area contributed by atoms with Gasteiger partial charge in [-0.25, -0.2) is 4.98 Å². The number of pyridine rings is 1. The Bertz CT molecular complexity index is 988. The van der Waals surface area contributed by atoms with Crippen LogP contribution in [0, 0.1) is 0 Å². The molecule has 0 aromatic carbocycles. The summed E-state index contributed by atoms with van der Waals surface area (Å²) in [5.41, 5.74) is 2.56. The van der Waals surface area contributed by atoms with Crippen molar-refractivity contribution >= 4 is 51.0 Å². The SMILES string of the molecule is O=C(NCCc1cccs1)c1sccc1Nc1ccnc2[nH]ccc12. The minimum Gasteiger partial charge on any atom is -0.354 e. The molecule has 0 radical (unpaired) electrons. The summed E-state index contributed by atoms with van der Waals surface area (Å²) in [5.74, 6) is -0.0478. The van der Waals surface area contributed by atoms with Gasteiger partial charge in [0, 0.05) is 29.2 Å². The predicted octanol–water partition coefficient (Wildman–Crippen LogP) is 4.40. The number of H-pyrrole nitrogens is 1. The normalized spacial score (nSPS) is 10.9. The molecular weight excluding hydrogens is 352 g/mol. The van der Waals surface area contributed by atoms with Crippen molar-refractivity contribution in [3.05, 3.63) is 63.2 Å². The average molecular weight is 368 g/mol. The van der Waals surface area contributed by atoms with Gasteiger partial charge in [0.15, 0.2) is 0 Å². The van der Waals surface area contributed by atoms with Crippen LogP contribution in [0.25, 0.3) is 11.0 Å². The first kappa shape index (κ1) is 15.9. The number of anilines is 2. The van der Waals surface area contributed by atoms with Crippen LogP contribution in [-0.4, -0.2) is 22.4 Å². The molecule has 5 nitrogen and oxygen atoms in total. The summed E-state index contributed by atoms with van der Waals surface area (Å²) < 4.78 is 0. The minimum atomic E-state index is -0.0478. The third kappa shape index (κ3) is 3.42. The maximum atomic E-state index is 12.5. The molecule has 3 N–H and O–H groups in total. The number of aromatic amines is 1. The Morgan fingerprint density at radius 3 is 2.96 bits per heavy atom.